The van der Waals surface area contributed by atoms with Gasteiger partial charge in [0.05, 0.1) is 0 Å². The molecule has 0 fully saturated rings. The third-order valence-corrected chi connectivity index (χ3v) is 6.09. The molecule has 4 rings (SSSR count). The number of allylic oxidation sites excluding steroid dienone is 2. The second-order valence-electron chi connectivity index (χ2n) is 7.97. The number of likely N-dealkylation sites (N-methyl/N-ethyl adjacent to an activating group) is 2. The van der Waals surface area contributed by atoms with Crippen LogP contribution in [0.3, 0.4) is 0 Å². The molecular weight excluding hydrogens is 352 g/mol. The standard InChI is InChI=1S/2C11H16N2O/c2*1-13-7-6-8-4-2-3-5-9(8)10(12)11(13)14/h2*3,5,10H,2,4,6-7,12H2,1H3/t10-;/m0./s1. The van der Waals surface area contributed by atoms with Gasteiger partial charge in [-0.15, -0.1) is 0 Å². The SMILES string of the molecule is CN1CCC2=C(C=CCC2)C(N)C1=O.CN1CCC2=C(C=CCC2)[C@H](N)C1=O. The van der Waals surface area contributed by atoms with Gasteiger partial charge in [0.1, 0.15) is 12.1 Å². The largest absolute Gasteiger partial charge is 0.344 e. The van der Waals surface area contributed by atoms with Crippen LogP contribution in [-0.4, -0.2) is 60.9 Å². The van der Waals surface area contributed by atoms with E-state index in [-0.39, 0.29) is 11.8 Å². The summed E-state index contributed by atoms with van der Waals surface area (Å²) in [4.78, 5) is 26.9. The van der Waals surface area contributed by atoms with Crippen molar-refractivity contribution in [3.8, 4) is 0 Å². The Morgan fingerprint density at radius 2 is 1.14 bits per heavy atom. The summed E-state index contributed by atoms with van der Waals surface area (Å²) >= 11 is 0. The van der Waals surface area contributed by atoms with Crippen molar-refractivity contribution in [2.45, 2.75) is 50.6 Å². The fraction of sp³-hybridized carbons (Fsp3) is 0.545. The highest BCUT2D eigenvalue weighted by molar-refractivity contribution is 5.87. The van der Waals surface area contributed by atoms with Crippen molar-refractivity contribution < 1.29 is 9.59 Å². The third kappa shape index (κ3) is 4.28. The Balaban J connectivity index is 0.000000161. The second-order valence-corrected chi connectivity index (χ2v) is 7.97. The lowest BCUT2D eigenvalue weighted by atomic mass is 9.92. The van der Waals surface area contributed by atoms with Gasteiger partial charge < -0.3 is 21.3 Å². The number of rotatable bonds is 0. The summed E-state index contributed by atoms with van der Waals surface area (Å²) in [6.45, 7) is 1.61. The molecule has 2 aliphatic heterocycles. The molecule has 4 N–H and O–H groups in total. The molecule has 0 aromatic rings. The van der Waals surface area contributed by atoms with Crippen molar-refractivity contribution in [1.29, 1.82) is 0 Å². The lowest BCUT2D eigenvalue weighted by Gasteiger charge is -2.18. The predicted octanol–water partition coefficient (Wildman–Crippen LogP) is 1.64. The Kier molecular flexibility index (Phi) is 6.52. The van der Waals surface area contributed by atoms with Gasteiger partial charge in [-0.1, -0.05) is 35.5 Å². The van der Waals surface area contributed by atoms with Crippen LogP contribution in [0.2, 0.25) is 0 Å². The smallest absolute Gasteiger partial charge is 0.243 e. The first-order chi connectivity index (χ1) is 13.4. The van der Waals surface area contributed by atoms with Crippen molar-refractivity contribution in [1.82, 2.24) is 9.80 Å². The van der Waals surface area contributed by atoms with Crippen molar-refractivity contribution in [2.75, 3.05) is 27.2 Å². The van der Waals surface area contributed by atoms with E-state index in [9.17, 15) is 9.59 Å². The quantitative estimate of drug-likeness (QED) is 0.664. The van der Waals surface area contributed by atoms with Crippen molar-refractivity contribution in [3.63, 3.8) is 0 Å². The Morgan fingerprint density at radius 3 is 1.54 bits per heavy atom. The number of carbonyl (C=O) groups excluding carboxylic acids is 2. The number of nitrogens with two attached hydrogens (primary N) is 2. The highest BCUT2D eigenvalue weighted by Crippen LogP contribution is 2.27. The maximum atomic E-state index is 11.7. The van der Waals surface area contributed by atoms with Gasteiger partial charge in [-0.2, -0.15) is 0 Å². The van der Waals surface area contributed by atoms with E-state index >= 15 is 0 Å². The summed E-state index contributed by atoms with van der Waals surface area (Å²) in [7, 11) is 3.65. The molecule has 6 nitrogen and oxygen atoms in total. The van der Waals surface area contributed by atoms with E-state index in [1.807, 2.05) is 26.2 Å². The van der Waals surface area contributed by atoms with Gasteiger partial charge in [0.2, 0.25) is 11.8 Å². The molecule has 1 unspecified atom stereocenters. The Morgan fingerprint density at radius 1 is 0.750 bits per heavy atom. The summed E-state index contributed by atoms with van der Waals surface area (Å²) in [5.74, 6) is 0.0862. The Labute approximate surface area is 167 Å². The van der Waals surface area contributed by atoms with Crippen LogP contribution in [0.1, 0.15) is 38.5 Å². The Bertz CT molecular complexity index is 698. The zero-order valence-corrected chi connectivity index (χ0v) is 17.0. The molecule has 2 amide bonds. The molecule has 2 heterocycles. The fourth-order valence-electron chi connectivity index (χ4n) is 4.21. The molecule has 0 saturated heterocycles. The average molecular weight is 385 g/mol. The van der Waals surface area contributed by atoms with Gasteiger partial charge in [0.15, 0.2) is 0 Å². The van der Waals surface area contributed by atoms with Crippen molar-refractivity contribution in [2.24, 2.45) is 11.5 Å². The van der Waals surface area contributed by atoms with Crippen LogP contribution < -0.4 is 11.5 Å². The fourth-order valence-corrected chi connectivity index (χ4v) is 4.21. The van der Waals surface area contributed by atoms with Crippen LogP contribution in [0, 0.1) is 0 Å². The molecule has 6 heteroatoms. The van der Waals surface area contributed by atoms with Crippen LogP contribution >= 0.6 is 0 Å². The van der Waals surface area contributed by atoms with E-state index in [0.29, 0.717) is 0 Å². The minimum Gasteiger partial charge on any atom is -0.344 e. The van der Waals surface area contributed by atoms with Gasteiger partial charge in [-0.25, -0.2) is 0 Å². The number of amides is 2. The molecule has 0 aromatic heterocycles. The summed E-state index contributed by atoms with van der Waals surface area (Å²) in [6.07, 6.45) is 14.6. The summed E-state index contributed by atoms with van der Waals surface area (Å²) in [6, 6.07) is -0.872. The minimum atomic E-state index is -0.436. The van der Waals surface area contributed by atoms with E-state index in [1.54, 1.807) is 9.80 Å². The van der Waals surface area contributed by atoms with Gasteiger partial charge in [-0.05, 0) is 49.7 Å². The molecule has 0 spiro atoms. The van der Waals surface area contributed by atoms with Crippen LogP contribution in [0.15, 0.2) is 46.6 Å². The third-order valence-electron chi connectivity index (χ3n) is 6.09. The molecular formula is C22H32N4O2. The Hall–Kier alpha value is -2.18. The van der Waals surface area contributed by atoms with Crippen molar-refractivity contribution in [3.05, 3.63) is 46.6 Å². The minimum absolute atomic E-state index is 0.0431. The van der Waals surface area contributed by atoms with Crippen LogP contribution in [0.5, 0.6) is 0 Å². The number of hydrogen-bond donors (Lipinski definition) is 2. The zero-order chi connectivity index (χ0) is 20.3. The molecule has 28 heavy (non-hydrogen) atoms. The number of hydrogen-bond acceptors (Lipinski definition) is 4. The van der Waals surface area contributed by atoms with Gasteiger partial charge >= 0.3 is 0 Å². The lowest BCUT2D eigenvalue weighted by Crippen LogP contribution is -2.41. The maximum Gasteiger partial charge on any atom is 0.243 e. The zero-order valence-electron chi connectivity index (χ0n) is 17.0. The summed E-state index contributed by atoms with van der Waals surface area (Å²) in [5.41, 5.74) is 16.7. The predicted molar refractivity (Wildman–Crippen MR) is 111 cm³/mol. The number of carbonyl (C=O) groups is 2. The van der Waals surface area contributed by atoms with E-state index in [4.69, 9.17) is 11.5 Å². The first-order valence-corrected chi connectivity index (χ1v) is 10.2. The molecule has 0 bridgehead atoms. The maximum absolute atomic E-state index is 11.7. The van der Waals surface area contributed by atoms with E-state index in [1.165, 1.54) is 11.1 Å². The normalized spacial score (nSPS) is 27.7. The second kappa shape index (κ2) is 8.88. The molecule has 2 atom stereocenters. The monoisotopic (exact) mass is 384 g/mol. The van der Waals surface area contributed by atoms with Crippen molar-refractivity contribution >= 4 is 11.8 Å². The van der Waals surface area contributed by atoms with Gasteiger partial charge in [0, 0.05) is 27.2 Å². The highest BCUT2D eigenvalue weighted by Gasteiger charge is 2.28. The molecule has 0 aromatic carbocycles. The lowest BCUT2D eigenvalue weighted by molar-refractivity contribution is -0.130. The molecule has 2 aliphatic carbocycles. The van der Waals surface area contributed by atoms with Gasteiger partial charge in [0.25, 0.3) is 0 Å². The summed E-state index contributed by atoms with van der Waals surface area (Å²) < 4.78 is 0. The molecule has 0 radical (unpaired) electrons. The highest BCUT2D eigenvalue weighted by atomic mass is 16.2. The molecule has 0 saturated carbocycles. The van der Waals surface area contributed by atoms with E-state index in [2.05, 4.69) is 12.2 Å². The van der Waals surface area contributed by atoms with Crippen LogP contribution in [-0.2, 0) is 9.59 Å². The van der Waals surface area contributed by atoms with Crippen LogP contribution in [0.4, 0.5) is 0 Å². The first kappa shape index (κ1) is 20.6. The molecule has 152 valence electrons. The first-order valence-electron chi connectivity index (χ1n) is 10.2. The average Bonchev–Trinajstić information content (AvgIpc) is 2.90. The number of nitrogens with zero attached hydrogens (tertiary/aromatic N) is 2. The molecule has 4 aliphatic rings. The van der Waals surface area contributed by atoms with E-state index < -0.39 is 12.1 Å². The van der Waals surface area contributed by atoms with Crippen LogP contribution in [0.25, 0.3) is 0 Å². The topological polar surface area (TPSA) is 92.7 Å². The van der Waals surface area contributed by atoms with E-state index in [0.717, 1.165) is 62.8 Å². The summed E-state index contributed by atoms with van der Waals surface area (Å²) in [5, 5.41) is 0. The van der Waals surface area contributed by atoms with Gasteiger partial charge in [-0.3, -0.25) is 9.59 Å².